The van der Waals surface area contributed by atoms with Crippen molar-refractivity contribution in [2.24, 2.45) is 0 Å². The molecule has 8 rings (SSSR count). The van der Waals surface area contributed by atoms with Crippen LogP contribution in [0.15, 0.2) is 195 Å². The van der Waals surface area contributed by atoms with Crippen LogP contribution >= 0.6 is 0 Å². The number of aromatic nitrogens is 2. The Labute approximate surface area is 342 Å². The lowest BCUT2D eigenvalue weighted by molar-refractivity contribution is 1.13. The molecule has 58 heavy (non-hydrogen) atoms. The summed E-state index contributed by atoms with van der Waals surface area (Å²) in [4.78, 5) is 13.3. The van der Waals surface area contributed by atoms with Gasteiger partial charge in [0.1, 0.15) is 0 Å². The average Bonchev–Trinajstić information content (AvgIpc) is 3.26. The molecule has 0 saturated heterocycles. The summed E-state index contributed by atoms with van der Waals surface area (Å²) < 4.78 is 0. The number of rotatable bonds is 11. The fourth-order valence-electron chi connectivity index (χ4n) is 7.28. The number of benzene rings is 6. The van der Waals surface area contributed by atoms with E-state index in [0.29, 0.717) is 0 Å². The van der Waals surface area contributed by atoms with Gasteiger partial charge in [-0.1, -0.05) is 132 Å². The van der Waals surface area contributed by atoms with Gasteiger partial charge >= 0.3 is 0 Å². The molecule has 2 heterocycles. The van der Waals surface area contributed by atoms with Crippen LogP contribution < -0.4 is 9.80 Å². The Bertz CT molecular complexity index is 2640. The first-order valence-corrected chi connectivity index (χ1v) is 19.6. The van der Waals surface area contributed by atoms with Crippen molar-refractivity contribution < 1.29 is 0 Å². The van der Waals surface area contributed by atoms with E-state index in [0.717, 1.165) is 50.6 Å². The standard InChI is InChI=1S/C54H46N4/c1-39-19-25-43(26-20-39)51(44-27-21-40(2)22-28-44)18-7-11-42-33-45-12-5-6-17-52(45)54(35-42)58(50-16-8-15-49(36-50)57(3)4)48-29-23-41(24-30-48)34-53(46-13-9-31-55-37-46)47-14-10-32-56-38-47/h5-38H,1-4H3. The van der Waals surface area contributed by atoms with E-state index in [1.54, 1.807) is 12.4 Å². The molecule has 2 aromatic heterocycles. The molecule has 0 bridgehead atoms. The molecule has 4 nitrogen and oxygen atoms in total. The molecule has 0 spiro atoms. The van der Waals surface area contributed by atoms with E-state index in [1.165, 1.54) is 38.6 Å². The quantitative estimate of drug-likeness (QED) is 0.123. The minimum Gasteiger partial charge on any atom is -0.378 e. The first-order valence-electron chi connectivity index (χ1n) is 19.6. The monoisotopic (exact) mass is 750 g/mol. The largest absolute Gasteiger partial charge is 0.378 e. The number of pyridine rings is 2. The number of allylic oxidation sites excluding steroid dienone is 2. The van der Waals surface area contributed by atoms with Crippen molar-refractivity contribution in [1.82, 2.24) is 9.97 Å². The van der Waals surface area contributed by atoms with Crippen molar-refractivity contribution in [2.75, 3.05) is 23.9 Å². The van der Waals surface area contributed by atoms with Crippen LogP contribution in [0.4, 0.5) is 22.7 Å². The summed E-state index contributed by atoms with van der Waals surface area (Å²) in [6.45, 7) is 4.26. The molecule has 0 amide bonds. The highest BCUT2D eigenvalue weighted by Gasteiger charge is 2.17. The van der Waals surface area contributed by atoms with E-state index in [9.17, 15) is 0 Å². The highest BCUT2D eigenvalue weighted by molar-refractivity contribution is 6.01. The van der Waals surface area contributed by atoms with E-state index < -0.39 is 0 Å². The van der Waals surface area contributed by atoms with Crippen LogP contribution in [0.1, 0.15) is 44.5 Å². The summed E-state index contributed by atoms with van der Waals surface area (Å²) in [5.41, 5.74) is 15.8. The Morgan fingerprint density at radius 3 is 1.72 bits per heavy atom. The second-order valence-electron chi connectivity index (χ2n) is 14.8. The third kappa shape index (κ3) is 8.57. The van der Waals surface area contributed by atoms with E-state index >= 15 is 0 Å². The second kappa shape index (κ2) is 17.2. The van der Waals surface area contributed by atoms with Crippen molar-refractivity contribution in [1.29, 1.82) is 0 Å². The molecule has 282 valence electrons. The topological polar surface area (TPSA) is 32.3 Å². The third-order valence-corrected chi connectivity index (χ3v) is 10.4. The maximum absolute atomic E-state index is 4.41. The highest BCUT2D eigenvalue weighted by atomic mass is 15.1. The molecule has 0 radical (unpaired) electrons. The zero-order valence-electron chi connectivity index (χ0n) is 33.4. The van der Waals surface area contributed by atoms with Crippen LogP contribution in [0.5, 0.6) is 0 Å². The summed E-state index contributed by atoms with van der Waals surface area (Å²) in [5.74, 6) is 0. The number of hydrogen-bond donors (Lipinski definition) is 0. The normalized spacial score (nSPS) is 11.0. The Hall–Kier alpha value is -7.30. The summed E-state index contributed by atoms with van der Waals surface area (Å²) in [5, 5.41) is 2.34. The van der Waals surface area contributed by atoms with Gasteiger partial charge in [0.15, 0.2) is 0 Å². The summed E-state index contributed by atoms with van der Waals surface area (Å²) in [7, 11) is 4.17. The minimum atomic E-state index is 1.04. The van der Waals surface area contributed by atoms with Crippen molar-refractivity contribution in [3.8, 4) is 0 Å². The predicted octanol–water partition coefficient (Wildman–Crippen LogP) is 13.5. The molecule has 0 atom stereocenters. The van der Waals surface area contributed by atoms with Gasteiger partial charge in [0.05, 0.1) is 5.69 Å². The van der Waals surface area contributed by atoms with Crippen molar-refractivity contribution in [2.45, 2.75) is 13.8 Å². The first kappa shape index (κ1) is 37.6. The minimum absolute atomic E-state index is 1.04. The number of nitrogens with zero attached hydrogens (tertiary/aromatic N) is 4. The maximum Gasteiger partial charge on any atom is 0.0546 e. The van der Waals surface area contributed by atoms with Gasteiger partial charge < -0.3 is 9.80 Å². The molecule has 6 aromatic carbocycles. The number of anilines is 4. The van der Waals surface area contributed by atoms with Crippen LogP contribution in [-0.2, 0) is 0 Å². The number of hydrogen-bond acceptors (Lipinski definition) is 4. The van der Waals surface area contributed by atoms with Gasteiger partial charge in [0.25, 0.3) is 0 Å². The summed E-state index contributed by atoms with van der Waals surface area (Å²) in [6, 6.07) is 56.5. The lowest BCUT2D eigenvalue weighted by Gasteiger charge is -2.28. The molecule has 8 aromatic rings. The molecule has 0 fully saturated rings. The second-order valence-corrected chi connectivity index (χ2v) is 14.8. The number of fused-ring (bicyclic) bond motifs is 1. The van der Waals surface area contributed by atoms with Gasteiger partial charge in [-0.2, -0.15) is 0 Å². The molecule has 0 N–H and O–H groups in total. The Morgan fingerprint density at radius 1 is 0.500 bits per heavy atom. The zero-order valence-corrected chi connectivity index (χ0v) is 33.4. The van der Waals surface area contributed by atoms with Crippen molar-refractivity contribution in [3.05, 3.63) is 239 Å². The zero-order chi connectivity index (χ0) is 39.8. The first-order chi connectivity index (χ1) is 28.4. The van der Waals surface area contributed by atoms with Gasteiger partial charge in [-0.15, -0.1) is 0 Å². The van der Waals surface area contributed by atoms with E-state index in [4.69, 9.17) is 0 Å². The van der Waals surface area contributed by atoms with Crippen LogP contribution in [0.25, 0.3) is 34.1 Å². The van der Waals surface area contributed by atoms with Crippen molar-refractivity contribution in [3.63, 3.8) is 0 Å². The van der Waals surface area contributed by atoms with Gasteiger partial charge in [0, 0.05) is 72.5 Å². The maximum atomic E-state index is 4.41. The van der Waals surface area contributed by atoms with Crippen LogP contribution in [0.2, 0.25) is 0 Å². The van der Waals surface area contributed by atoms with Crippen LogP contribution in [0, 0.1) is 13.8 Å². The van der Waals surface area contributed by atoms with Crippen LogP contribution in [-0.4, -0.2) is 24.1 Å². The predicted molar refractivity (Wildman–Crippen MR) is 247 cm³/mol. The summed E-state index contributed by atoms with van der Waals surface area (Å²) >= 11 is 0. The highest BCUT2D eigenvalue weighted by Crippen LogP contribution is 2.41. The molecular weight excluding hydrogens is 705 g/mol. The Morgan fingerprint density at radius 2 is 1.12 bits per heavy atom. The fraction of sp³-hybridized carbons (Fsp3) is 0.0741. The van der Waals surface area contributed by atoms with Crippen LogP contribution in [0.3, 0.4) is 0 Å². The molecule has 0 aliphatic heterocycles. The van der Waals surface area contributed by atoms with Gasteiger partial charge in [-0.25, -0.2) is 0 Å². The molecule has 0 aliphatic rings. The van der Waals surface area contributed by atoms with Gasteiger partial charge in [0.2, 0.25) is 0 Å². The fourth-order valence-corrected chi connectivity index (χ4v) is 7.28. The average molecular weight is 751 g/mol. The van der Waals surface area contributed by atoms with Gasteiger partial charge in [-0.05, 0) is 113 Å². The summed E-state index contributed by atoms with van der Waals surface area (Å²) in [6.07, 6.45) is 16.3. The molecule has 0 saturated carbocycles. The van der Waals surface area contributed by atoms with Crippen molar-refractivity contribution >= 4 is 56.8 Å². The molecule has 4 heteroatoms. The SMILES string of the molecule is Cc1ccc(C(=CC=Cc2cc(N(c3ccc(C=C(c4cccnc4)c4cccnc4)cc3)c3cccc(N(C)C)c3)c3ccccc3c2)c2ccc(C)cc2)cc1. The smallest absolute Gasteiger partial charge is 0.0546 e. The van der Waals surface area contributed by atoms with E-state index in [-0.39, 0.29) is 0 Å². The molecular formula is C54H46N4. The van der Waals surface area contributed by atoms with Gasteiger partial charge in [-0.3, -0.25) is 9.97 Å². The number of aryl methyl sites for hydroxylation is 2. The Balaban J connectivity index is 1.24. The molecule has 0 aliphatic carbocycles. The van der Waals surface area contributed by atoms with E-state index in [1.807, 2.05) is 24.5 Å². The molecule has 0 unspecified atom stereocenters. The lowest BCUT2D eigenvalue weighted by Crippen LogP contribution is -2.13. The third-order valence-electron chi connectivity index (χ3n) is 10.4. The Kier molecular flexibility index (Phi) is 11.2. The lowest BCUT2D eigenvalue weighted by atomic mass is 9.95. The van der Waals surface area contributed by atoms with E-state index in [2.05, 4.69) is 218 Å².